The first-order chi connectivity index (χ1) is 10.1. The number of hydrogen-bond donors (Lipinski definition) is 0. The Bertz CT molecular complexity index is 845. The van der Waals surface area contributed by atoms with Gasteiger partial charge in [0.2, 0.25) is 0 Å². The molecule has 7 heteroatoms. The maximum atomic E-state index is 12.6. The van der Waals surface area contributed by atoms with E-state index in [4.69, 9.17) is 16.9 Å². The third-order valence-corrected chi connectivity index (χ3v) is 5.58. The van der Waals surface area contributed by atoms with Crippen molar-refractivity contribution in [3.05, 3.63) is 52.7 Å². The highest BCUT2D eigenvalue weighted by Gasteiger charge is 2.33. The van der Waals surface area contributed by atoms with Gasteiger partial charge in [-0.3, -0.25) is 0 Å². The van der Waals surface area contributed by atoms with Crippen molar-refractivity contribution in [3.8, 4) is 6.07 Å². The Labute approximate surface area is 127 Å². The summed E-state index contributed by atoms with van der Waals surface area (Å²) >= 11 is 6.13. The van der Waals surface area contributed by atoms with E-state index < -0.39 is 10.0 Å². The van der Waals surface area contributed by atoms with E-state index in [9.17, 15) is 8.42 Å². The minimum absolute atomic E-state index is 0.208. The first-order valence-corrected chi connectivity index (χ1v) is 8.03. The van der Waals surface area contributed by atoms with Gasteiger partial charge in [0.1, 0.15) is 11.9 Å². The van der Waals surface area contributed by atoms with Gasteiger partial charge in [-0.05, 0) is 18.6 Å². The van der Waals surface area contributed by atoms with Crippen molar-refractivity contribution in [2.45, 2.75) is 11.3 Å². The molecule has 0 saturated carbocycles. The number of hydrogen-bond acceptors (Lipinski definition) is 4. The molecular formula is C14H10ClN3O2S. The van der Waals surface area contributed by atoms with Crippen molar-refractivity contribution in [3.63, 3.8) is 0 Å². The van der Waals surface area contributed by atoms with Gasteiger partial charge in [-0.25, -0.2) is 17.7 Å². The van der Waals surface area contributed by atoms with E-state index in [1.165, 1.54) is 10.5 Å². The Kier molecular flexibility index (Phi) is 3.32. The molecule has 0 aliphatic carbocycles. The highest BCUT2D eigenvalue weighted by molar-refractivity contribution is 7.92. The summed E-state index contributed by atoms with van der Waals surface area (Å²) in [5, 5.41) is 9.23. The first kappa shape index (κ1) is 13.9. The minimum Gasteiger partial charge on any atom is -0.249 e. The normalized spacial score (nSPS) is 13.8. The van der Waals surface area contributed by atoms with E-state index in [0.717, 1.165) is 0 Å². The van der Waals surface area contributed by atoms with Gasteiger partial charge < -0.3 is 0 Å². The van der Waals surface area contributed by atoms with Crippen molar-refractivity contribution < 1.29 is 8.42 Å². The van der Waals surface area contributed by atoms with E-state index in [1.54, 1.807) is 30.3 Å². The fraction of sp³-hybridized carbons (Fsp3) is 0.143. The molecule has 106 valence electrons. The SMILES string of the molecule is N#Cc1cnc2c(c1Cl)CCN2S(=O)(=O)c1ccccc1. The molecule has 0 radical (unpaired) electrons. The van der Waals surface area contributed by atoms with Crippen LogP contribution >= 0.6 is 11.6 Å². The van der Waals surface area contributed by atoms with Crippen LogP contribution in [0.2, 0.25) is 5.02 Å². The maximum Gasteiger partial charge on any atom is 0.265 e. The van der Waals surface area contributed by atoms with Crippen molar-refractivity contribution in [1.82, 2.24) is 4.98 Å². The van der Waals surface area contributed by atoms with Crippen molar-refractivity contribution >= 4 is 27.4 Å². The fourth-order valence-electron chi connectivity index (χ4n) is 2.31. The molecule has 0 unspecified atom stereocenters. The van der Waals surface area contributed by atoms with Crippen LogP contribution in [0.4, 0.5) is 5.82 Å². The van der Waals surface area contributed by atoms with Crippen LogP contribution in [0, 0.1) is 11.3 Å². The van der Waals surface area contributed by atoms with E-state index >= 15 is 0 Å². The molecule has 1 aromatic carbocycles. The molecule has 5 nitrogen and oxygen atoms in total. The van der Waals surface area contributed by atoms with Gasteiger partial charge in [-0.1, -0.05) is 29.8 Å². The van der Waals surface area contributed by atoms with Crippen molar-refractivity contribution in [2.75, 3.05) is 10.8 Å². The lowest BCUT2D eigenvalue weighted by Crippen LogP contribution is -2.29. The second-order valence-electron chi connectivity index (χ2n) is 4.54. The molecule has 1 aliphatic heterocycles. The molecule has 1 aromatic heterocycles. The Balaban J connectivity index is 2.11. The molecule has 0 saturated heterocycles. The third kappa shape index (κ3) is 2.15. The zero-order valence-electron chi connectivity index (χ0n) is 10.8. The number of halogens is 1. The number of fused-ring (bicyclic) bond motifs is 1. The van der Waals surface area contributed by atoms with Gasteiger partial charge >= 0.3 is 0 Å². The smallest absolute Gasteiger partial charge is 0.249 e. The molecule has 3 rings (SSSR count). The Morgan fingerprint density at radius 2 is 2.00 bits per heavy atom. The predicted octanol–water partition coefficient (Wildman–Crippen LogP) is 2.36. The Morgan fingerprint density at radius 1 is 1.29 bits per heavy atom. The molecule has 1 aliphatic rings. The summed E-state index contributed by atoms with van der Waals surface area (Å²) in [5.41, 5.74) is 0.865. The highest BCUT2D eigenvalue weighted by Crippen LogP contribution is 2.36. The number of rotatable bonds is 2. The average Bonchev–Trinajstić information content (AvgIpc) is 2.94. The van der Waals surface area contributed by atoms with Gasteiger partial charge in [0, 0.05) is 18.3 Å². The van der Waals surface area contributed by atoms with Crippen LogP contribution in [0.1, 0.15) is 11.1 Å². The second-order valence-corrected chi connectivity index (χ2v) is 6.78. The standard InChI is InChI=1S/C14H10ClN3O2S/c15-13-10(8-16)9-17-14-12(13)6-7-18(14)21(19,20)11-4-2-1-3-5-11/h1-5,9H,6-7H2. The lowest BCUT2D eigenvalue weighted by Gasteiger charge is -2.18. The summed E-state index contributed by atoms with van der Waals surface area (Å²) in [6.45, 7) is 0.272. The third-order valence-electron chi connectivity index (χ3n) is 3.34. The van der Waals surface area contributed by atoms with Crippen LogP contribution in [0.15, 0.2) is 41.4 Å². The lowest BCUT2D eigenvalue weighted by atomic mass is 10.2. The van der Waals surface area contributed by atoms with Gasteiger partial charge in [-0.2, -0.15) is 5.26 Å². The molecule has 2 aromatic rings. The van der Waals surface area contributed by atoms with Gasteiger partial charge in [0.15, 0.2) is 0 Å². The summed E-state index contributed by atoms with van der Waals surface area (Å²) in [4.78, 5) is 4.31. The summed E-state index contributed by atoms with van der Waals surface area (Å²) in [6.07, 6.45) is 1.75. The molecule has 0 N–H and O–H groups in total. The van der Waals surface area contributed by atoms with Crippen LogP contribution in [0.5, 0.6) is 0 Å². The number of aromatic nitrogens is 1. The van der Waals surface area contributed by atoms with Crippen molar-refractivity contribution in [2.24, 2.45) is 0 Å². The molecular weight excluding hydrogens is 310 g/mol. The number of anilines is 1. The van der Waals surface area contributed by atoms with E-state index in [1.807, 2.05) is 6.07 Å². The minimum atomic E-state index is -3.66. The number of nitriles is 1. The van der Waals surface area contributed by atoms with Crippen LogP contribution in [0.3, 0.4) is 0 Å². The van der Waals surface area contributed by atoms with Crippen molar-refractivity contribution in [1.29, 1.82) is 5.26 Å². The summed E-state index contributed by atoms with van der Waals surface area (Å²) < 4.78 is 26.5. The van der Waals surface area contributed by atoms with Crippen LogP contribution < -0.4 is 4.31 Å². The molecule has 0 atom stereocenters. The first-order valence-electron chi connectivity index (χ1n) is 6.21. The zero-order chi connectivity index (χ0) is 15.0. The van der Waals surface area contributed by atoms with E-state index in [0.29, 0.717) is 17.8 Å². The zero-order valence-corrected chi connectivity index (χ0v) is 12.4. The van der Waals surface area contributed by atoms with Crippen LogP contribution in [-0.4, -0.2) is 19.9 Å². The van der Waals surface area contributed by atoms with Gasteiger partial charge in [0.25, 0.3) is 10.0 Å². The average molecular weight is 320 g/mol. The predicted molar refractivity (Wildman–Crippen MR) is 78.6 cm³/mol. The Morgan fingerprint density at radius 3 is 2.67 bits per heavy atom. The Hall–Kier alpha value is -2.10. The lowest BCUT2D eigenvalue weighted by molar-refractivity contribution is 0.592. The largest absolute Gasteiger partial charge is 0.265 e. The summed E-state index contributed by atoms with van der Waals surface area (Å²) in [5.74, 6) is 0.308. The number of pyridine rings is 1. The number of benzene rings is 1. The van der Waals surface area contributed by atoms with Crippen LogP contribution in [0.25, 0.3) is 0 Å². The molecule has 2 heterocycles. The number of sulfonamides is 1. The molecule has 0 bridgehead atoms. The van der Waals surface area contributed by atoms with Gasteiger partial charge in [0.05, 0.1) is 15.5 Å². The summed E-state index contributed by atoms with van der Waals surface area (Å²) in [7, 11) is -3.66. The van der Waals surface area contributed by atoms with Crippen LogP contribution in [-0.2, 0) is 16.4 Å². The molecule has 0 spiro atoms. The fourth-order valence-corrected chi connectivity index (χ4v) is 4.05. The summed E-state index contributed by atoms with van der Waals surface area (Å²) in [6, 6.07) is 10.1. The topological polar surface area (TPSA) is 74.1 Å². The molecule has 0 fully saturated rings. The van der Waals surface area contributed by atoms with E-state index in [2.05, 4.69) is 4.98 Å². The van der Waals surface area contributed by atoms with E-state index in [-0.39, 0.29) is 22.0 Å². The molecule has 0 amide bonds. The monoisotopic (exact) mass is 319 g/mol. The quantitative estimate of drug-likeness (QED) is 0.851. The van der Waals surface area contributed by atoms with Gasteiger partial charge in [-0.15, -0.1) is 0 Å². The highest BCUT2D eigenvalue weighted by atomic mass is 35.5. The number of nitrogens with zero attached hydrogens (tertiary/aromatic N) is 3. The second kappa shape index (κ2) is 5.02. The maximum absolute atomic E-state index is 12.6. The molecule has 21 heavy (non-hydrogen) atoms.